The molecule has 0 saturated heterocycles. The van der Waals surface area contributed by atoms with Crippen molar-refractivity contribution in [2.24, 2.45) is 0 Å². The molecule has 29 heavy (non-hydrogen) atoms. The van der Waals surface area contributed by atoms with Crippen LogP contribution < -0.4 is 4.90 Å². The number of benzene rings is 2. The predicted molar refractivity (Wildman–Crippen MR) is 111 cm³/mol. The molecule has 2 aromatic carbocycles. The minimum absolute atomic E-state index is 0.403. The summed E-state index contributed by atoms with van der Waals surface area (Å²) in [6, 6.07) is 9.88. The van der Waals surface area contributed by atoms with E-state index in [2.05, 4.69) is 27.0 Å². The zero-order chi connectivity index (χ0) is 20.8. The van der Waals surface area contributed by atoms with Gasteiger partial charge in [-0.15, -0.1) is 10.2 Å². The van der Waals surface area contributed by atoms with Gasteiger partial charge in [0, 0.05) is 28.7 Å². The summed E-state index contributed by atoms with van der Waals surface area (Å²) in [5.74, 6) is 6.04. The number of aromatic nitrogens is 4. The lowest BCUT2D eigenvalue weighted by molar-refractivity contribution is 0.143. The maximum Gasteiger partial charge on any atom is 0.257 e. The minimum atomic E-state index is -1.17. The Balaban J connectivity index is 1.88. The highest BCUT2D eigenvalue weighted by atomic mass is 35.5. The van der Waals surface area contributed by atoms with E-state index in [9.17, 15) is 9.50 Å². The van der Waals surface area contributed by atoms with Crippen LogP contribution in [-0.2, 0) is 0 Å². The van der Waals surface area contributed by atoms with Crippen molar-refractivity contribution in [3.8, 4) is 11.8 Å². The third kappa shape index (κ3) is 3.86. The highest BCUT2D eigenvalue weighted by Gasteiger charge is 2.16. The van der Waals surface area contributed by atoms with Gasteiger partial charge in [-0.1, -0.05) is 23.4 Å². The van der Waals surface area contributed by atoms with Crippen molar-refractivity contribution in [3.63, 3.8) is 0 Å². The molecule has 1 N–H and O–H groups in total. The summed E-state index contributed by atoms with van der Waals surface area (Å²) < 4.78 is 16.0. The van der Waals surface area contributed by atoms with Gasteiger partial charge in [0.25, 0.3) is 5.78 Å². The van der Waals surface area contributed by atoms with Crippen LogP contribution in [0, 0.1) is 17.7 Å². The molecule has 4 rings (SSSR count). The lowest BCUT2D eigenvalue weighted by Gasteiger charge is -2.21. The fourth-order valence-electron chi connectivity index (χ4n) is 2.97. The molecule has 0 radical (unpaired) electrons. The summed E-state index contributed by atoms with van der Waals surface area (Å²) in [7, 11) is 1.78. The topological polar surface area (TPSA) is 66.5 Å². The molecule has 0 spiro atoms. The zero-order valence-corrected chi connectivity index (χ0v) is 16.7. The van der Waals surface area contributed by atoms with Crippen LogP contribution in [0.15, 0.2) is 42.7 Å². The largest absolute Gasteiger partial charge is 0.378 e. The average Bonchev–Trinajstić information content (AvgIpc) is 3.13. The van der Waals surface area contributed by atoms with Crippen molar-refractivity contribution in [3.05, 3.63) is 59.1 Å². The Morgan fingerprint density at radius 1 is 1.21 bits per heavy atom. The summed E-state index contributed by atoms with van der Waals surface area (Å²) >= 11 is 6.17. The van der Waals surface area contributed by atoms with Gasteiger partial charge in [0.15, 0.2) is 0 Å². The molecule has 6 nitrogen and oxygen atoms in total. The molecule has 8 heteroatoms. The van der Waals surface area contributed by atoms with Crippen molar-refractivity contribution < 1.29 is 9.50 Å². The summed E-state index contributed by atoms with van der Waals surface area (Å²) in [6.45, 7) is 3.14. The Hall–Kier alpha value is -3.21. The summed E-state index contributed by atoms with van der Waals surface area (Å²) in [5, 5.41) is 19.1. The molecule has 0 aliphatic carbocycles. The summed E-state index contributed by atoms with van der Waals surface area (Å²) in [4.78, 5) is 6.34. The molecular formula is C21H17ClFN5O. The monoisotopic (exact) mass is 409 g/mol. The van der Waals surface area contributed by atoms with E-state index < -0.39 is 11.4 Å². The van der Waals surface area contributed by atoms with E-state index in [0.29, 0.717) is 27.9 Å². The van der Waals surface area contributed by atoms with Crippen LogP contribution in [0.25, 0.3) is 16.7 Å². The molecule has 0 unspecified atom stereocenters. The second-order valence-electron chi connectivity index (χ2n) is 7.16. The highest BCUT2D eigenvalue weighted by Crippen LogP contribution is 2.32. The van der Waals surface area contributed by atoms with Crippen LogP contribution in [0.4, 0.5) is 15.9 Å². The quantitative estimate of drug-likeness (QED) is 0.507. The van der Waals surface area contributed by atoms with Crippen molar-refractivity contribution in [2.45, 2.75) is 19.4 Å². The number of nitrogens with zero attached hydrogens (tertiary/aromatic N) is 5. The third-order valence-corrected chi connectivity index (χ3v) is 4.53. The first kappa shape index (κ1) is 19.1. The number of hydrogen-bond acceptors (Lipinski definition) is 5. The molecule has 0 atom stereocenters. The Morgan fingerprint density at radius 2 is 2.00 bits per heavy atom. The molecule has 0 amide bonds. The molecule has 2 aromatic heterocycles. The van der Waals surface area contributed by atoms with Crippen molar-refractivity contribution in [1.29, 1.82) is 0 Å². The zero-order valence-electron chi connectivity index (χ0n) is 16.0. The first-order valence-corrected chi connectivity index (χ1v) is 9.18. The number of hydrogen-bond donors (Lipinski definition) is 1. The second kappa shape index (κ2) is 6.99. The van der Waals surface area contributed by atoms with Crippen LogP contribution in [0.3, 0.4) is 0 Å². The molecule has 4 aromatic rings. The summed E-state index contributed by atoms with van der Waals surface area (Å²) in [6.07, 6.45) is 1.57. The molecule has 0 saturated carbocycles. The normalized spacial score (nSPS) is 11.5. The lowest BCUT2D eigenvalue weighted by Crippen LogP contribution is -2.15. The molecule has 0 aliphatic heterocycles. The molecular weight excluding hydrogens is 393 g/mol. The smallest absolute Gasteiger partial charge is 0.257 e. The van der Waals surface area contributed by atoms with Crippen LogP contribution in [0.1, 0.15) is 19.4 Å². The highest BCUT2D eigenvalue weighted by molar-refractivity contribution is 6.31. The van der Waals surface area contributed by atoms with Gasteiger partial charge in [-0.3, -0.25) is 4.40 Å². The van der Waals surface area contributed by atoms with Crippen molar-refractivity contribution >= 4 is 39.8 Å². The van der Waals surface area contributed by atoms with E-state index in [-0.39, 0.29) is 0 Å². The average molecular weight is 410 g/mol. The van der Waals surface area contributed by atoms with Gasteiger partial charge in [-0.25, -0.2) is 4.39 Å². The van der Waals surface area contributed by atoms with Gasteiger partial charge in [0.1, 0.15) is 23.6 Å². The summed E-state index contributed by atoms with van der Waals surface area (Å²) in [5.41, 5.74) is 0.615. The van der Waals surface area contributed by atoms with E-state index in [1.807, 2.05) is 6.07 Å². The molecule has 146 valence electrons. The standard InChI is InChI=1S/C21H17ClFN5O/c1-21(2,29)7-6-13-8-15(23)11-16(9-13)27(3)19-17-5-4-14(22)10-18(17)28-12-24-26-20(28)25-19/h4-5,8-12,29H,1-3H3. The number of rotatable bonds is 2. The van der Waals surface area contributed by atoms with E-state index in [1.54, 1.807) is 54.7 Å². The van der Waals surface area contributed by atoms with E-state index in [0.717, 1.165) is 10.9 Å². The number of anilines is 2. The van der Waals surface area contributed by atoms with Gasteiger partial charge in [0.05, 0.1) is 5.52 Å². The van der Waals surface area contributed by atoms with E-state index in [4.69, 9.17) is 11.6 Å². The van der Waals surface area contributed by atoms with Crippen molar-refractivity contribution in [2.75, 3.05) is 11.9 Å². The Kier molecular flexibility index (Phi) is 4.61. The maximum absolute atomic E-state index is 14.3. The predicted octanol–water partition coefficient (Wildman–Crippen LogP) is 3.96. The van der Waals surface area contributed by atoms with Crippen LogP contribution in [-0.4, -0.2) is 37.3 Å². The molecule has 0 bridgehead atoms. The minimum Gasteiger partial charge on any atom is -0.378 e. The Bertz CT molecular complexity index is 1300. The van der Waals surface area contributed by atoms with Gasteiger partial charge in [-0.05, 0) is 50.2 Å². The Morgan fingerprint density at radius 3 is 2.76 bits per heavy atom. The van der Waals surface area contributed by atoms with Crippen molar-refractivity contribution in [1.82, 2.24) is 19.6 Å². The molecule has 2 heterocycles. The fourth-order valence-corrected chi connectivity index (χ4v) is 3.13. The van der Waals surface area contributed by atoms with Crippen LogP contribution in [0.5, 0.6) is 0 Å². The van der Waals surface area contributed by atoms with Gasteiger partial charge in [0.2, 0.25) is 0 Å². The number of fused-ring (bicyclic) bond motifs is 3. The fraction of sp³-hybridized carbons (Fsp3) is 0.190. The first-order chi connectivity index (χ1) is 13.7. The third-order valence-electron chi connectivity index (χ3n) is 4.30. The lowest BCUT2D eigenvalue weighted by atomic mass is 10.1. The Labute approximate surface area is 171 Å². The number of aliphatic hydroxyl groups is 1. The molecule has 0 fully saturated rings. The van der Waals surface area contributed by atoms with E-state index in [1.165, 1.54) is 12.1 Å². The van der Waals surface area contributed by atoms with Gasteiger partial charge < -0.3 is 10.0 Å². The SMILES string of the molecule is CN(c1cc(F)cc(C#CC(C)(C)O)c1)c1nc2nncn2c2cc(Cl)ccc12. The van der Waals surface area contributed by atoms with Crippen LogP contribution >= 0.6 is 11.6 Å². The van der Waals surface area contributed by atoms with E-state index >= 15 is 0 Å². The second-order valence-corrected chi connectivity index (χ2v) is 7.60. The maximum atomic E-state index is 14.3. The van der Waals surface area contributed by atoms with Gasteiger partial charge in [-0.2, -0.15) is 4.98 Å². The molecule has 0 aliphatic rings. The van der Waals surface area contributed by atoms with Gasteiger partial charge >= 0.3 is 0 Å². The number of halogens is 2. The van der Waals surface area contributed by atoms with Crippen LogP contribution in [0.2, 0.25) is 5.02 Å². The first-order valence-electron chi connectivity index (χ1n) is 8.80.